The van der Waals surface area contributed by atoms with Crippen LogP contribution in [0.15, 0.2) is 212 Å². The molecule has 0 saturated carbocycles. The van der Waals surface area contributed by atoms with Gasteiger partial charge in [-0.2, -0.15) is 0 Å². The summed E-state index contributed by atoms with van der Waals surface area (Å²) in [4.78, 5) is 33.8. The van der Waals surface area contributed by atoms with Crippen molar-refractivity contribution in [3.05, 3.63) is 214 Å². The molecule has 5 heterocycles. The van der Waals surface area contributed by atoms with E-state index in [0.717, 1.165) is 56.1 Å². The molecule has 6 nitrogen and oxygen atoms in total. The Kier molecular flexibility index (Phi) is 7.33. The summed E-state index contributed by atoms with van der Waals surface area (Å²) >= 11 is 0. The van der Waals surface area contributed by atoms with Gasteiger partial charge in [0.05, 0.1) is 51.2 Å². The van der Waals surface area contributed by atoms with E-state index in [1.807, 2.05) is 134 Å². The summed E-state index contributed by atoms with van der Waals surface area (Å²) in [7, 11) is 0. The summed E-state index contributed by atoms with van der Waals surface area (Å²) in [5.74, 6) is -1.08. The Morgan fingerprint density at radius 2 is 0.922 bits per heavy atom. The highest BCUT2D eigenvalue weighted by molar-refractivity contribution is 6.53. The number of nitrogens with zero attached hydrogens (tertiary/aromatic N) is 4. The van der Waals surface area contributed by atoms with Crippen molar-refractivity contribution in [1.29, 1.82) is 0 Å². The molecule has 0 atom stereocenters. The third-order valence-electron chi connectivity index (χ3n) is 9.12. The van der Waals surface area contributed by atoms with E-state index in [9.17, 15) is 9.90 Å². The molecule has 5 aliphatic rings. The van der Waals surface area contributed by atoms with E-state index in [-0.39, 0.29) is 5.57 Å². The highest BCUT2D eigenvalue weighted by atomic mass is 16.4. The zero-order valence-corrected chi connectivity index (χ0v) is 27.2. The predicted octanol–water partition coefficient (Wildman–Crippen LogP) is 9.14. The molecule has 0 aliphatic carbocycles. The van der Waals surface area contributed by atoms with Crippen molar-refractivity contribution < 1.29 is 9.90 Å². The van der Waals surface area contributed by atoms with Gasteiger partial charge in [0.25, 0.3) is 0 Å². The van der Waals surface area contributed by atoms with Crippen LogP contribution in [0.3, 0.4) is 0 Å². The van der Waals surface area contributed by atoms with Crippen LogP contribution in [0.25, 0.3) is 22.3 Å². The van der Waals surface area contributed by atoms with Crippen LogP contribution < -0.4 is 0 Å². The fourth-order valence-corrected chi connectivity index (χ4v) is 6.95. The van der Waals surface area contributed by atoms with Crippen molar-refractivity contribution >= 4 is 51.1 Å². The molecule has 0 radical (unpaired) electrons. The first kappa shape index (κ1) is 30.0. The predicted molar refractivity (Wildman–Crippen MR) is 206 cm³/mol. The summed E-state index contributed by atoms with van der Waals surface area (Å²) in [6.07, 6.45) is 13.4. The van der Waals surface area contributed by atoms with Gasteiger partial charge in [-0.05, 0) is 64.8 Å². The van der Waals surface area contributed by atoms with Crippen LogP contribution in [-0.2, 0) is 4.79 Å². The molecule has 0 spiro atoms. The van der Waals surface area contributed by atoms with Gasteiger partial charge in [0, 0.05) is 22.3 Å². The van der Waals surface area contributed by atoms with E-state index < -0.39 is 5.97 Å². The minimum atomic E-state index is -1.08. The van der Waals surface area contributed by atoms with E-state index in [4.69, 9.17) is 20.0 Å². The number of hydrogen-bond acceptors (Lipinski definition) is 5. The maximum atomic E-state index is 13.4. The minimum Gasteiger partial charge on any atom is -0.478 e. The Morgan fingerprint density at radius 1 is 0.451 bits per heavy atom. The molecule has 5 aliphatic heterocycles. The average Bonchev–Trinajstić information content (AvgIpc) is 3.96. The first-order valence-corrected chi connectivity index (χ1v) is 16.7. The molecule has 240 valence electrons. The summed E-state index contributed by atoms with van der Waals surface area (Å²) in [5.41, 5.74) is 11.9. The van der Waals surface area contributed by atoms with Crippen LogP contribution in [-0.4, -0.2) is 33.9 Å². The highest BCUT2D eigenvalue weighted by Gasteiger charge is 2.36. The second kappa shape index (κ2) is 12.4. The molecular formula is C45H28N4O2. The lowest BCUT2D eigenvalue weighted by molar-refractivity contribution is -0.131. The molecule has 0 amide bonds. The van der Waals surface area contributed by atoms with Crippen molar-refractivity contribution in [3.63, 3.8) is 0 Å². The van der Waals surface area contributed by atoms with Crippen LogP contribution in [0, 0.1) is 0 Å². The lowest BCUT2D eigenvalue weighted by Crippen LogP contribution is -2.10. The second-order valence-corrected chi connectivity index (χ2v) is 12.4. The maximum absolute atomic E-state index is 13.4. The Balaban J connectivity index is 1.46. The number of carbonyl (C=O) groups is 1. The molecule has 9 rings (SSSR count). The van der Waals surface area contributed by atoms with Crippen molar-refractivity contribution in [2.45, 2.75) is 0 Å². The topological polar surface area (TPSA) is 86.7 Å². The van der Waals surface area contributed by atoms with E-state index in [1.165, 1.54) is 0 Å². The Hall–Kier alpha value is -7.05. The molecule has 4 aromatic carbocycles. The van der Waals surface area contributed by atoms with Crippen LogP contribution in [0.4, 0.5) is 0 Å². The lowest BCUT2D eigenvalue weighted by atomic mass is 9.84. The normalized spacial score (nSPS) is 17.6. The molecule has 4 aromatic rings. The van der Waals surface area contributed by atoms with Crippen LogP contribution in [0.1, 0.15) is 22.3 Å². The summed E-state index contributed by atoms with van der Waals surface area (Å²) < 4.78 is 0. The van der Waals surface area contributed by atoms with Gasteiger partial charge >= 0.3 is 5.97 Å². The standard InChI is InChI=1S/C45H28N4O2/c50-45(51)42-37-27-35-24-22-33(47-35)25-32-21-23-34(46-32)26-36-38(28-13-5-1-6-14-28)39(29-15-7-2-8-16-29)43(48-36)41(31-19-11-4-12-20-31)44(49-37)40(42)30-17-9-3-10-18-30/h1-27H,(H,50,51). The Labute approximate surface area is 294 Å². The fourth-order valence-electron chi connectivity index (χ4n) is 6.95. The van der Waals surface area contributed by atoms with Gasteiger partial charge in [-0.15, -0.1) is 0 Å². The average molecular weight is 657 g/mol. The molecular weight excluding hydrogens is 629 g/mol. The molecule has 0 saturated heterocycles. The first-order chi connectivity index (χ1) is 25.1. The molecule has 1 N–H and O–H groups in total. The molecule has 0 unspecified atom stereocenters. The zero-order valence-electron chi connectivity index (χ0n) is 27.2. The number of carboxylic acid groups (broad SMARTS) is 1. The largest absolute Gasteiger partial charge is 0.478 e. The number of allylic oxidation sites excluding steroid dienone is 11. The van der Waals surface area contributed by atoms with E-state index in [1.54, 1.807) is 6.08 Å². The number of aliphatic imine (C=N–C) groups is 4. The van der Waals surface area contributed by atoms with Gasteiger partial charge in [-0.25, -0.2) is 24.8 Å². The van der Waals surface area contributed by atoms with Gasteiger partial charge in [0.15, 0.2) is 0 Å². The summed E-state index contributed by atoms with van der Waals surface area (Å²) in [5, 5.41) is 10.9. The van der Waals surface area contributed by atoms with Gasteiger partial charge < -0.3 is 5.11 Å². The first-order valence-electron chi connectivity index (χ1n) is 16.7. The summed E-state index contributed by atoms with van der Waals surface area (Å²) in [6, 6.07) is 40.1. The summed E-state index contributed by atoms with van der Waals surface area (Å²) in [6.45, 7) is 0. The van der Waals surface area contributed by atoms with Crippen LogP contribution >= 0.6 is 0 Å². The van der Waals surface area contributed by atoms with Gasteiger partial charge in [0.1, 0.15) is 0 Å². The number of carboxylic acids is 1. The maximum Gasteiger partial charge on any atom is 0.338 e. The van der Waals surface area contributed by atoms with Gasteiger partial charge in [-0.1, -0.05) is 121 Å². The van der Waals surface area contributed by atoms with Gasteiger partial charge in [0.2, 0.25) is 0 Å². The Morgan fingerprint density at radius 3 is 1.47 bits per heavy atom. The van der Waals surface area contributed by atoms with Crippen molar-refractivity contribution in [3.8, 4) is 0 Å². The third kappa shape index (κ3) is 5.45. The van der Waals surface area contributed by atoms with Crippen LogP contribution in [0.5, 0.6) is 0 Å². The minimum absolute atomic E-state index is 0.104. The number of rotatable bonds is 5. The SMILES string of the molecule is O=C(O)C1=C(c2ccccc2)C2=C(c3ccccc3)C3=NC(=CC4=NC(=CC5=NC(=CC1=N2)C=C5)C=C4)C(c1ccccc1)=C3c1ccccc1. The van der Waals surface area contributed by atoms with Crippen LogP contribution in [0.2, 0.25) is 0 Å². The second-order valence-electron chi connectivity index (χ2n) is 12.4. The molecule has 8 bridgehead atoms. The van der Waals surface area contributed by atoms with Crippen molar-refractivity contribution in [2.75, 3.05) is 0 Å². The van der Waals surface area contributed by atoms with E-state index in [0.29, 0.717) is 34.1 Å². The smallest absolute Gasteiger partial charge is 0.338 e. The fraction of sp³-hybridized carbons (Fsp3) is 0. The van der Waals surface area contributed by atoms with Crippen molar-refractivity contribution in [2.24, 2.45) is 20.0 Å². The van der Waals surface area contributed by atoms with E-state index in [2.05, 4.69) is 24.3 Å². The number of benzene rings is 4. The quantitative estimate of drug-likeness (QED) is 0.232. The lowest BCUT2D eigenvalue weighted by Gasteiger charge is -2.17. The van der Waals surface area contributed by atoms with E-state index >= 15 is 0 Å². The monoisotopic (exact) mass is 656 g/mol. The number of fused-ring (bicyclic) bond motifs is 4. The third-order valence-corrected chi connectivity index (χ3v) is 9.12. The number of hydrogen-bond donors (Lipinski definition) is 1. The molecule has 6 heteroatoms. The zero-order chi connectivity index (χ0) is 34.3. The highest BCUT2D eigenvalue weighted by Crippen LogP contribution is 2.47. The molecule has 51 heavy (non-hydrogen) atoms. The Bertz CT molecular complexity index is 2540. The number of aliphatic carboxylic acids is 1. The van der Waals surface area contributed by atoms with Gasteiger partial charge in [-0.3, -0.25) is 0 Å². The molecule has 0 aromatic heterocycles. The van der Waals surface area contributed by atoms with Crippen molar-refractivity contribution in [1.82, 2.24) is 0 Å². The molecule has 0 fully saturated rings.